The number of aromatic nitrogens is 4. The lowest BCUT2D eigenvalue weighted by Crippen LogP contribution is -2.33. The number of nitrogens with zero attached hydrogens (tertiary/aromatic N) is 4. The van der Waals surface area contributed by atoms with E-state index in [1.54, 1.807) is 39.2 Å². The van der Waals surface area contributed by atoms with E-state index in [1.165, 1.54) is 18.1 Å². The van der Waals surface area contributed by atoms with Crippen molar-refractivity contribution in [1.29, 1.82) is 0 Å². The molecule has 2 aromatic carbocycles. The second-order valence-corrected chi connectivity index (χ2v) is 8.37. The Labute approximate surface area is 199 Å². The van der Waals surface area contributed by atoms with Gasteiger partial charge in [0.1, 0.15) is 17.3 Å². The lowest BCUT2D eigenvalue weighted by atomic mass is 10.1. The monoisotopic (exact) mass is 480 g/mol. The zero-order valence-electron chi connectivity index (χ0n) is 19.2. The molecule has 0 unspecified atom stereocenters. The first kappa shape index (κ1) is 23.2. The van der Waals surface area contributed by atoms with Gasteiger partial charge < -0.3 is 14.5 Å². The van der Waals surface area contributed by atoms with Gasteiger partial charge in [0.05, 0.1) is 31.5 Å². The van der Waals surface area contributed by atoms with E-state index in [4.69, 9.17) is 9.47 Å². The first-order chi connectivity index (χ1) is 16.4. The van der Waals surface area contributed by atoms with Crippen LogP contribution in [0.5, 0.6) is 11.5 Å². The molecule has 0 aliphatic carbocycles. The number of hydrogen-bond donors (Lipinski definition) is 2. The molecule has 0 aliphatic heterocycles. The summed E-state index contributed by atoms with van der Waals surface area (Å²) in [6, 6.07) is 12.8. The van der Waals surface area contributed by atoms with E-state index in [0.717, 1.165) is 43.4 Å². The predicted molar refractivity (Wildman–Crippen MR) is 134 cm³/mol. The zero-order chi connectivity index (χ0) is 24.2. The van der Waals surface area contributed by atoms with Crippen molar-refractivity contribution < 1.29 is 9.47 Å². The molecule has 0 atom stereocenters. The van der Waals surface area contributed by atoms with Crippen molar-refractivity contribution >= 4 is 34.8 Å². The smallest absolute Gasteiger partial charge is 0.329 e. The average molecular weight is 481 g/mol. The van der Waals surface area contributed by atoms with Gasteiger partial charge in [-0.3, -0.25) is 19.4 Å². The Morgan fingerprint density at radius 1 is 1.12 bits per heavy atom. The van der Waals surface area contributed by atoms with Crippen LogP contribution in [-0.2, 0) is 12.8 Å². The maximum Gasteiger partial charge on any atom is 0.329 e. The Kier molecular flexibility index (Phi) is 6.73. The third kappa shape index (κ3) is 4.99. The fourth-order valence-electron chi connectivity index (χ4n) is 3.23. The lowest BCUT2D eigenvalue weighted by Gasteiger charge is -2.13. The molecule has 0 radical (unpaired) electrons. The molecule has 2 N–H and O–H groups in total. The van der Waals surface area contributed by atoms with E-state index in [2.05, 4.69) is 20.1 Å². The summed E-state index contributed by atoms with van der Waals surface area (Å²) in [4.78, 5) is 34.2. The molecule has 0 saturated carbocycles. The van der Waals surface area contributed by atoms with Crippen molar-refractivity contribution in [3.05, 3.63) is 74.4 Å². The summed E-state index contributed by atoms with van der Waals surface area (Å²) in [5.41, 5.74) is 2.67. The van der Waals surface area contributed by atoms with Crippen molar-refractivity contribution in [2.75, 3.05) is 26.3 Å². The highest BCUT2D eigenvalue weighted by molar-refractivity contribution is 7.98. The van der Waals surface area contributed by atoms with Gasteiger partial charge in [-0.2, -0.15) is 5.10 Å². The van der Waals surface area contributed by atoms with Crippen LogP contribution < -0.4 is 25.7 Å². The highest BCUT2D eigenvalue weighted by Gasteiger charge is 2.09. The van der Waals surface area contributed by atoms with Crippen LogP contribution in [0.3, 0.4) is 0 Å². The number of benzene rings is 2. The van der Waals surface area contributed by atoms with Crippen molar-refractivity contribution in [2.45, 2.75) is 10.9 Å². The zero-order valence-corrected chi connectivity index (χ0v) is 20.0. The fourth-order valence-corrected chi connectivity index (χ4v) is 4.09. The van der Waals surface area contributed by atoms with E-state index in [-0.39, 0.29) is 0 Å². The summed E-state index contributed by atoms with van der Waals surface area (Å²) in [6.45, 7) is 0. The van der Waals surface area contributed by atoms with Crippen molar-refractivity contribution in [1.82, 2.24) is 19.5 Å². The number of imidazole rings is 1. The third-order valence-corrected chi connectivity index (χ3v) is 6.12. The highest BCUT2D eigenvalue weighted by atomic mass is 32.2. The second-order valence-electron chi connectivity index (χ2n) is 7.41. The molecule has 0 bridgehead atoms. The summed E-state index contributed by atoms with van der Waals surface area (Å²) >= 11 is 1.56. The minimum atomic E-state index is -0.502. The molecule has 0 aliphatic rings. The van der Waals surface area contributed by atoms with Gasteiger partial charge in [0, 0.05) is 37.5 Å². The van der Waals surface area contributed by atoms with E-state index in [1.807, 2.05) is 36.4 Å². The predicted octanol–water partition coefficient (Wildman–Crippen LogP) is 2.73. The average Bonchev–Trinajstić information content (AvgIpc) is 3.26. The van der Waals surface area contributed by atoms with Gasteiger partial charge in [-0.25, -0.2) is 9.78 Å². The molecular formula is C23H24N6O4S. The highest BCUT2D eigenvalue weighted by Crippen LogP contribution is 2.29. The molecular weight excluding hydrogens is 456 g/mol. The minimum Gasteiger partial charge on any atom is -0.497 e. The molecule has 4 rings (SSSR count). The number of aromatic amines is 2. The van der Waals surface area contributed by atoms with Crippen LogP contribution in [0.1, 0.15) is 11.1 Å². The number of hydrogen-bond acceptors (Lipinski definition) is 8. The summed E-state index contributed by atoms with van der Waals surface area (Å²) in [7, 11) is 6.32. The summed E-state index contributed by atoms with van der Waals surface area (Å²) < 4.78 is 11.8. The number of methoxy groups -OCH3 is 2. The standard InChI is InChI=1S/C23H24N6O4S/c1-28-21(30)11-20(27-23(28)31)29(2)24-12-14-5-8-19(33-4)15(9-14)13-34-22-25-17-7-6-16(32-3)10-18(17)26-22/h5-12H,13H2,1-4H3,(H,25,26)(H,27,31). The van der Waals surface area contributed by atoms with Gasteiger partial charge in [0.25, 0.3) is 5.56 Å². The lowest BCUT2D eigenvalue weighted by molar-refractivity contribution is 0.411. The van der Waals surface area contributed by atoms with Gasteiger partial charge in [-0.1, -0.05) is 11.8 Å². The molecule has 34 heavy (non-hydrogen) atoms. The van der Waals surface area contributed by atoms with Gasteiger partial charge in [-0.15, -0.1) is 0 Å². The molecule has 2 aromatic heterocycles. The van der Waals surface area contributed by atoms with Crippen LogP contribution in [0.2, 0.25) is 0 Å². The van der Waals surface area contributed by atoms with Crippen LogP contribution in [0.25, 0.3) is 11.0 Å². The van der Waals surface area contributed by atoms with E-state index in [0.29, 0.717) is 11.6 Å². The first-order valence-corrected chi connectivity index (χ1v) is 11.3. The van der Waals surface area contributed by atoms with Crippen LogP contribution in [0.15, 0.2) is 62.3 Å². The first-order valence-electron chi connectivity index (χ1n) is 10.3. The molecule has 0 amide bonds. The maximum atomic E-state index is 11.9. The SMILES string of the molecule is COc1ccc2nc(SCc3cc(C=NN(C)c4cc(=O)n(C)c(=O)[nH]4)ccc3OC)[nH]c2c1. The fraction of sp³-hybridized carbons (Fsp3) is 0.217. The minimum absolute atomic E-state index is 0.301. The second kappa shape index (κ2) is 9.87. The third-order valence-electron chi connectivity index (χ3n) is 5.20. The molecule has 176 valence electrons. The topological polar surface area (TPSA) is 118 Å². The summed E-state index contributed by atoms with van der Waals surface area (Å²) in [5.74, 6) is 2.45. The van der Waals surface area contributed by atoms with Crippen molar-refractivity contribution in [3.8, 4) is 11.5 Å². The molecule has 0 spiro atoms. The van der Waals surface area contributed by atoms with E-state index >= 15 is 0 Å². The van der Waals surface area contributed by atoms with Gasteiger partial charge >= 0.3 is 5.69 Å². The number of rotatable bonds is 8. The Bertz CT molecular complexity index is 1440. The van der Waals surface area contributed by atoms with Crippen LogP contribution in [0, 0.1) is 0 Å². The Hall–Kier alpha value is -3.99. The van der Waals surface area contributed by atoms with Crippen molar-refractivity contribution in [2.24, 2.45) is 12.1 Å². The van der Waals surface area contributed by atoms with Crippen LogP contribution in [-0.4, -0.2) is 47.0 Å². The van der Waals surface area contributed by atoms with Crippen LogP contribution in [0.4, 0.5) is 5.82 Å². The van der Waals surface area contributed by atoms with E-state index in [9.17, 15) is 9.59 Å². The Morgan fingerprint density at radius 2 is 1.94 bits per heavy atom. The largest absolute Gasteiger partial charge is 0.497 e. The number of nitrogens with one attached hydrogen (secondary N) is 2. The summed E-state index contributed by atoms with van der Waals surface area (Å²) in [6.07, 6.45) is 1.65. The normalized spacial score (nSPS) is 11.3. The van der Waals surface area contributed by atoms with Crippen LogP contribution >= 0.6 is 11.8 Å². The molecule has 0 saturated heterocycles. The molecule has 10 nitrogen and oxygen atoms in total. The number of ether oxygens (including phenoxy) is 2. The maximum absolute atomic E-state index is 11.9. The molecule has 11 heteroatoms. The molecule has 0 fully saturated rings. The Morgan fingerprint density at radius 3 is 2.68 bits per heavy atom. The molecule has 2 heterocycles. The quantitative estimate of drug-likeness (QED) is 0.226. The number of fused-ring (bicyclic) bond motifs is 1. The number of H-pyrrole nitrogens is 2. The number of anilines is 1. The molecule has 4 aromatic rings. The summed E-state index contributed by atoms with van der Waals surface area (Å²) in [5, 5.41) is 6.57. The van der Waals surface area contributed by atoms with E-state index < -0.39 is 11.2 Å². The van der Waals surface area contributed by atoms with Crippen molar-refractivity contribution in [3.63, 3.8) is 0 Å². The van der Waals surface area contributed by atoms with Gasteiger partial charge in [0.15, 0.2) is 5.16 Å². The van der Waals surface area contributed by atoms with Gasteiger partial charge in [-0.05, 0) is 35.9 Å². The van der Waals surface area contributed by atoms with Gasteiger partial charge in [0.2, 0.25) is 0 Å². The number of hydrazone groups is 1. The number of thioether (sulfide) groups is 1. The Balaban J connectivity index is 1.51.